The second kappa shape index (κ2) is 15.1. The molecule has 0 aliphatic heterocycles. The largest absolute Gasteiger partial charge is 0.393 e. The maximum Gasteiger partial charge on any atom is 0.117 e. The Kier molecular flexibility index (Phi) is 13.0. The quantitative estimate of drug-likeness (QED) is 0.146. The third-order valence-corrected chi connectivity index (χ3v) is 9.90. The Labute approximate surface area is 278 Å². The number of allylic oxidation sites excluding steroid dienone is 16. The van der Waals surface area contributed by atoms with Crippen molar-refractivity contribution < 1.29 is 30.6 Å². The molecule has 2 fully saturated rings. The number of hydrogen-bond donors (Lipinski definition) is 6. The number of rotatable bonds is 10. The molecule has 6 unspecified atom stereocenters. The molecule has 2 rings (SSSR count). The highest BCUT2D eigenvalue weighted by Crippen LogP contribution is 2.51. The van der Waals surface area contributed by atoms with Crippen molar-refractivity contribution in [3.63, 3.8) is 0 Å². The summed E-state index contributed by atoms with van der Waals surface area (Å²) in [7, 11) is 0. The van der Waals surface area contributed by atoms with Crippen molar-refractivity contribution in [2.24, 2.45) is 10.8 Å². The van der Waals surface area contributed by atoms with E-state index >= 15 is 0 Å². The predicted octanol–water partition coefficient (Wildman–Crippen LogP) is 6.88. The molecule has 0 aromatic rings. The summed E-state index contributed by atoms with van der Waals surface area (Å²) in [4.78, 5) is 0. The van der Waals surface area contributed by atoms with Crippen LogP contribution in [-0.2, 0) is 0 Å². The minimum Gasteiger partial charge on any atom is -0.393 e. The number of aliphatic hydroxyl groups excluding tert-OH is 2. The molecular weight excluding hydrogens is 576 g/mol. The van der Waals surface area contributed by atoms with E-state index in [0.717, 1.165) is 22.3 Å². The molecule has 46 heavy (non-hydrogen) atoms. The molecule has 0 saturated heterocycles. The Bertz CT molecular complexity index is 1200. The first-order chi connectivity index (χ1) is 21.0. The Morgan fingerprint density at radius 1 is 0.457 bits per heavy atom. The van der Waals surface area contributed by atoms with Gasteiger partial charge in [-0.05, 0) is 66.5 Å². The average Bonchev–Trinajstić information content (AvgIpc) is 2.89. The van der Waals surface area contributed by atoms with Crippen molar-refractivity contribution >= 4 is 0 Å². The van der Waals surface area contributed by atoms with Crippen LogP contribution in [0.1, 0.15) is 94.9 Å². The minimum atomic E-state index is -1.46. The van der Waals surface area contributed by atoms with E-state index in [9.17, 15) is 30.6 Å². The van der Waals surface area contributed by atoms with E-state index in [1.807, 2.05) is 128 Å². The van der Waals surface area contributed by atoms with Crippen molar-refractivity contribution in [1.29, 1.82) is 0 Å². The van der Waals surface area contributed by atoms with Crippen LogP contribution in [0, 0.1) is 10.8 Å². The zero-order valence-electron chi connectivity index (χ0n) is 29.7. The highest BCUT2D eigenvalue weighted by molar-refractivity contribution is 5.34. The minimum absolute atomic E-state index is 0.126. The average molecular weight is 637 g/mol. The first-order valence-electron chi connectivity index (χ1n) is 16.3. The topological polar surface area (TPSA) is 121 Å². The maximum atomic E-state index is 11.4. The third kappa shape index (κ3) is 9.50. The molecule has 0 aromatic carbocycles. The first-order valence-corrected chi connectivity index (χ1v) is 16.3. The summed E-state index contributed by atoms with van der Waals surface area (Å²) in [5.41, 5.74) is -3.18. The number of hydrogen-bond acceptors (Lipinski definition) is 6. The SMILES string of the molecule is CC(/C=C/C=C(C)/C=C/C1(O)C(C)(C)CC(O)CC1(C)O)=C\C=C\C=C(C)\C=C\C=C(C)\C=C\C1(O)C(C)(C)CC(O)CC1(C)O. The predicted molar refractivity (Wildman–Crippen MR) is 190 cm³/mol. The molecular formula is C40H60O6. The zero-order valence-corrected chi connectivity index (χ0v) is 29.7. The lowest BCUT2D eigenvalue weighted by molar-refractivity contribution is -0.217. The van der Waals surface area contributed by atoms with Crippen LogP contribution in [-0.4, -0.2) is 65.3 Å². The van der Waals surface area contributed by atoms with Crippen molar-refractivity contribution in [3.05, 3.63) is 107 Å². The van der Waals surface area contributed by atoms with Crippen LogP contribution in [0.4, 0.5) is 0 Å². The Morgan fingerprint density at radius 3 is 1.04 bits per heavy atom. The van der Waals surface area contributed by atoms with Crippen LogP contribution in [0.15, 0.2) is 107 Å². The van der Waals surface area contributed by atoms with E-state index in [1.54, 1.807) is 26.0 Å². The van der Waals surface area contributed by atoms with Crippen molar-refractivity contribution in [1.82, 2.24) is 0 Å². The maximum absolute atomic E-state index is 11.4. The van der Waals surface area contributed by atoms with Crippen molar-refractivity contribution in [2.75, 3.05) is 0 Å². The highest BCUT2D eigenvalue weighted by Gasteiger charge is 2.59. The van der Waals surface area contributed by atoms with Crippen LogP contribution >= 0.6 is 0 Å². The molecule has 6 heteroatoms. The standard InChI is InChI=1S/C40H60O6/c1-29(17-13-19-31(3)21-23-39(45)35(5,6)25-33(41)27-37(39,9)43)15-11-12-16-30(2)18-14-20-32(4)22-24-40(46)36(7,8)26-34(42)28-38(40,10)44/h11-24,33-34,41-46H,25-28H2,1-10H3/b12-11+,17-13+,18-14+,23-21+,24-22+,29-15+,30-16+,31-19+,32-20+. The third-order valence-electron chi connectivity index (χ3n) is 9.90. The molecule has 2 aliphatic rings. The van der Waals surface area contributed by atoms with Crippen molar-refractivity contribution in [2.45, 2.75) is 130 Å². The summed E-state index contributed by atoms with van der Waals surface area (Å²) >= 11 is 0. The van der Waals surface area contributed by atoms with Crippen molar-refractivity contribution in [3.8, 4) is 0 Å². The van der Waals surface area contributed by atoms with Gasteiger partial charge in [0.05, 0.1) is 23.4 Å². The summed E-state index contributed by atoms with van der Waals surface area (Å²) in [6.45, 7) is 18.5. The van der Waals surface area contributed by atoms with Crippen LogP contribution in [0.5, 0.6) is 0 Å². The molecule has 0 bridgehead atoms. The molecule has 6 N–H and O–H groups in total. The molecule has 2 aliphatic carbocycles. The molecule has 0 radical (unpaired) electrons. The van der Waals surface area contributed by atoms with Gasteiger partial charge in [0, 0.05) is 23.7 Å². The van der Waals surface area contributed by atoms with Crippen LogP contribution in [0.25, 0.3) is 0 Å². The summed E-state index contributed by atoms with van der Waals surface area (Å²) in [6, 6.07) is 0. The lowest BCUT2D eigenvalue weighted by atomic mass is 9.57. The van der Waals surface area contributed by atoms with Gasteiger partial charge in [-0.3, -0.25) is 0 Å². The van der Waals surface area contributed by atoms with Gasteiger partial charge in [0.15, 0.2) is 0 Å². The Morgan fingerprint density at radius 2 is 0.739 bits per heavy atom. The van der Waals surface area contributed by atoms with Gasteiger partial charge in [-0.2, -0.15) is 0 Å². The zero-order chi connectivity index (χ0) is 35.2. The van der Waals surface area contributed by atoms with E-state index in [2.05, 4.69) is 0 Å². The molecule has 2 saturated carbocycles. The smallest absolute Gasteiger partial charge is 0.117 e. The summed E-state index contributed by atoms with van der Waals surface area (Å²) in [6.07, 6.45) is 26.5. The van der Waals surface area contributed by atoms with E-state index < -0.39 is 45.4 Å². The van der Waals surface area contributed by atoms with Gasteiger partial charge in [-0.25, -0.2) is 0 Å². The fourth-order valence-corrected chi connectivity index (χ4v) is 6.98. The van der Waals surface area contributed by atoms with Gasteiger partial charge >= 0.3 is 0 Å². The molecule has 0 amide bonds. The van der Waals surface area contributed by atoms with Gasteiger partial charge in [0.25, 0.3) is 0 Å². The van der Waals surface area contributed by atoms with E-state index in [4.69, 9.17) is 0 Å². The molecule has 6 atom stereocenters. The molecule has 0 spiro atoms. The number of aliphatic hydroxyl groups is 6. The highest BCUT2D eigenvalue weighted by atomic mass is 16.4. The summed E-state index contributed by atoms with van der Waals surface area (Å²) < 4.78 is 0. The summed E-state index contributed by atoms with van der Waals surface area (Å²) in [5, 5.41) is 65.0. The lowest BCUT2D eigenvalue weighted by Crippen LogP contribution is -2.65. The summed E-state index contributed by atoms with van der Waals surface area (Å²) in [5.74, 6) is 0. The second-order valence-corrected chi connectivity index (χ2v) is 15.4. The normalized spacial score (nSPS) is 36.7. The fourth-order valence-electron chi connectivity index (χ4n) is 6.98. The Hall–Kier alpha value is -2.58. The monoisotopic (exact) mass is 636 g/mol. The molecule has 0 aromatic heterocycles. The fraction of sp³-hybridized carbons (Fsp3) is 0.550. The molecule has 6 nitrogen and oxygen atoms in total. The van der Waals surface area contributed by atoms with E-state index in [0.29, 0.717) is 12.8 Å². The first kappa shape index (κ1) is 39.6. The van der Waals surface area contributed by atoms with Crippen LogP contribution in [0.2, 0.25) is 0 Å². The lowest BCUT2D eigenvalue weighted by Gasteiger charge is -2.54. The molecule has 256 valence electrons. The van der Waals surface area contributed by atoms with Gasteiger partial charge in [-0.1, -0.05) is 123 Å². The van der Waals surface area contributed by atoms with E-state index in [-0.39, 0.29) is 12.8 Å². The van der Waals surface area contributed by atoms with Gasteiger partial charge in [0.2, 0.25) is 0 Å². The van der Waals surface area contributed by atoms with Gasteiger partial charge in [0.1, 0.15) is 11.2 Å². The molecule has 0 heterocycles. The second-order valence-electron chi connectivity index (χ2n) is 15.4. The van der Waals surface area contributed by atoms with E-state index in [1.165, 1.54) is 0 Å². The van der Waals surface area contributed by atoms with Crippen LogP contribution in [0.3, 0.4) is 0 Å². The Balaban J connectivity index is 1.97. The van der Waals surface area contributed by atoms with Gasteiger partial charge in [-0.15, -0.1) is 0 Å². The van der Waals surface area contributed by atoms with Gasteiger partial charge < -0.3 is 30.6 Å². The van der Waals surface area contributed by atoms with Crippen LogP contribution < -0.4 is 0 Å².